The minimum absolute atomic E-state index is 0.323. The van der Waals surface area contributed by atoms with Gasteiger partial charge in [-0.15, -0.1) is 0 Å². The second-order valence-corrected chi connectivity index (χ2v) is 3.62. The van der Waals surface area contributed by atoms with Crippen LogP contribution >= 0.6 is 0 Å². The summed E-state index contributed by atoms with van der Waals surface area (Å²) in [5, 5.41) is 0. The summed E-state index contributed by atoms with van der Waals surface area (Å²) in [6.45, 7) is 2.18. The van der Waals surface area contributed by atoms with Crippen LogP contribution in [0.5, 0.6) is 0 Å². The minimum Gasteiger partial charge on any atom is -0.349 e. The van der Waals surface area contributed by atoms with Gasteiger partial charge in [0.15, 0.2) is 0 Å². The van der Waals surface area contributed by atoms with E-state index in [0.29, 0.717) is 17.7 Å². The number of carbonyl (C=O) groups is 1. The molecule has 0 aliphatic heterocycles. The maximum absolute atomic E-state index is 11.3. The van der Waals surface area contributed by atoms with E-state index in [4.69, 9.17) is 0 Å². The number of hydrogen-bond donors (Lipinski definition) is 0. The molecular formula is C9H17NO. The highest BCUT2D eigenvalue weighted by atomic mass is 16.2. The summed E-state index contributed by atoms with van der Waals surface area (Å²) in [6.07, 6.45) is 3.57. The summed E-state index contributed by atoms with van der Waals surface area (Å²) < 4.78 is 0. The zero-order chi connectivity index (χ0) is 8.43. The highest BCUT2D eigenvalue weighted by Gasteiger charge is 2.42. The number of carbonyl (C=O) groups excluding carboxylic acids is 1. The standard InChI is InChI=1S/C9H17NO/c1-4-5-7-6-8(7)9(11)10(2)3/h7-8H,4-6H2,1-3H3. The largest absolute Gasteiger partial charge is 0.349 e. The van der Waals surface area contributed by atoms with Gasteiger partial charge in [-0.1, -0.05) is 13.3 Å². The van der Waals surface area contributed by atoms with Crippen molar-refractivity contribution in [3.05, 3.63) is 0 Å². The summed E-state index contributed by atoms with van der Waals surface area (Å²) in [5.41, 5.74) is 0. The molecule has 11 heavy (non-hydrogen) atoms. The number of hydrogen-bond acceptors (Lipinski definition) is 1. The molecule has 0 bridgehead atoms. The zero-order valence-electron chi connectivity index (χ0n) is 7.63. The van der Waals surface area contributed by atoms with Gasteiger partial charge in [0.1, 0.15) is 0 Å². The van der Waals surface area contributed by atoms with Crippen molar-refractivity contribution in [2.75, 3.05) is 14.1 Å². The van der Waals surface area contributed by atoms with Gasteiger partial charge in [-0.25, -0.2) is 0 Å². The van der Waals surface area contributed by atoms with Crippen molar-refractivity contribution in [3.8, 4) is 0 Å². The molecule has 2 heteroatoms. The molecule has 1 aliphatic carbocycles. The van der Waals surface area contributed by atoms with E-state index in [9.17, 15) is 4.79 Å². The van der Waals surface area contributed by atoms with Crippen molar-refractivity contribution in [1.82, 2.24) is 4.90 Å². The smallest absolute Gasteiger partial charge is 0.225 e. The van der Waals surface area contributed by atoms with Gasteiger partial charge in [0.05, 0.1) is 0 Å². The highest BCUT2D eigenvalue weighted by molar-refractivity contribution is 5.81. The van der Waals surface area contributed by atoms with Gasteiger partial charge in [-0.3, -0.25) is 4.79 Å². The molecule has 0 heterocycles. The lowest BCUT2D eigenvalue weighted by molar-refractivity contribution is -0.130. The van der Waals surface area contributed by atoms with Gasteiger partial charge in [-0.2, -0.15) is 0 Å². The van der Waals surface area contributed by atoms with Crippen LogP contribution in [0.15, 0.2) is 0 Å². The molecule has 0 aromatic heterocycles. The van der Waals surface area contributed by atoms with Crippen LogP contribution in [0.4, 0.5) is 0 Å². The summed E-state index contributed by atoms with van der Waals surface area (Å²) >= 11 is 0. The molecule has 1 amide bonds. The molecule has 1 saturated carbocycles. The Balaban J connectivity index is 2.26. The fourth-order valence-corrected chi connectivity index (χ4v) is 1.57. The molecule has 64 valence electrons. The number of rotatable bonds is 3. The van der Waals surface area contributed by atoms with E-state index in [1.807, 2.05) is 14.1 Å². The Morgan fingerprint density at radius 3 is 2.64 bits per heavy atom. The molecule has 0 saturated heterocycles. The van der Waals surface area contributed by atoms with Crippen LogP contribution in [0.1, 0.15) is 26.2 Å². The lowest BCUT2D eigenvalue weighted by Crippen LogP contribution is -2.23. The van der Waals surface area contributed by atoms with Crippen LogP contribution in [-0.4, -0.2) is 24.9 Å². The molecule has 2 nitrogen and oxygen atoms in total. The number of amides is 1. The topological polar surface area (TPSA) is 20.3 Å². The molecule has 2 atom stereocenters. The maximum atomic E-state index is 11.3. The summed E-state index contributed by atoms with van der Waals surface area (Å²) in [7, 11) is 3.67. The van der Waals surface area contributed by atoms with Gasteiger partial charge < -0.3 is 4.90 Å². The molecule has 0 radical (unpaired) electrons. The Bertz CT molecular complexity index is 154. The molecule has 0 N–H and O–H groups in total. The second kappa shape index (κ2) is 3.24. The van der Waals surface area contributed by atoms with Gasteiger partial charge >= 0.3 is 0 Å². The third-order valence-electron chi connectivity index (χ3n) is 2.34. The lowest BCUT2D eigenvalue weighted by atomic mass is 10.2. The normalized spacial score (nSPS) is 28.3. The monoisotopic (exact) mass is 155 g/mol. The Labute approximate surface area is 68.6 Å². The lowest BCUT2D eigenvalue weighted by Gasteiger charge is -2.08. The third kappa shape index (κ3) is 1.95. The SMILES string of the molecule is CCCC1CC1C(=O)N(C)C. The molecular weight excluding hydrogens is 138 g/mol. The van der Waals surface area contributed by atoms with E-state index in [2.05, 4.69) is 6.92 Å². The predicted molar refractivity (Wildman–Crippen MR) is 45.2 cm³/mol. The van der Waals surface area contributed by atoms with Crippen LogP contribution in [0.3, 0.4) is 0 Å². The fraction of sp³-hybridized carbons (Fsp3) is 0.889. The first kappa shape index (κ1) is 8.57. The first-order chi connectivity index (χ1) is 5.16. The van der Waals surface area contributed by atoms with Crippen molar-refractivity contribution < 1.29 is 4.79 Å². The van der Waals surface area contributed by atoms with Crippen molar-refractivity contribution in [2.45, 2.75) is 26.2 Å². The predicted octanol–water partition coefficient (Wildman–Crippen LogP) is 1.51. The van der Waals surface area contributed by atoms with Crippen LogP contribution < -0.4 is 0 Å². The summed E-state index contributed by atoms with van der Waals surface area (Å²) in [4.78, 5) is 13.0. The van der Waals surface area contributed by atoms with Crippen LogP contribution in [-0.2, 0) is 4.79 Å². The quantitative estimate of drug-likeness (QED) is 0.605. The van der Waals surface area contributed by atoms with E-state index in [-0.39, 0.29) is 0 Å². The fourth-order valence-electron chi connectivity index (χ4n) is 1.57. The Hall–Kier alpha value is -0.530. The van der Waals surface area contributed by atoms with E-state index in [1.54, 1.807) is 4.90 Å². The second-order valence-electron chi connectivity index (χ2n) is 3.62. The Kier molecular flexibility index (Phi) is 2.53. The van der Waals surface area contributed by atoms with Gasteiger partial charge in [-0.05, 0) is 18.8 Å². The maximum Gasteiger partial charge on any atom is 0.225 e. The van der Waals surface area contributed by atoms with Crippen molar-refractivity contribution >= 4 is 5.91 Å². The van der Waals surface area contributed by atoms with Gasteiger partial charge in [0.25, 0.3) is 0 Å². The Morgan fingerprint density at radius 1 is 1.55 bits per heavy atom. The first-order valence-corrected chi connectivity index (χ1v) is 4.38. The molecule has 0 spiro atoms. The number of nitrogens with zero attached hydrogens (tertiary/aromatic N) is 1. The van der Waals surface area contributed by atoms with Crippen LogP contribution in [0.25, 0.3) is 0 Å². The Morgan fingerprint density at radius 2 is 2.18 bits per heavy atom. The molecule has 2 unspecified atom stereocenters. The van der Waals surface area contributed by atoms with Crippen molar-refractivity contribution in [3.63, 3.8) is 0 Å². The average Bonchev–Trinajstić information content (AvgIpc) is 2.67. The van der Waals surface area contributed by atoms with Crippen LogP contribution in [0, 0.1) is 11.8 Å². The minimum atomic E-state index is 0.323. The van der Waals surface area contributed by atoms with Crippen LogP contribution in [0.2, 0.25) is 0 Å². The molecule has 0 aromatic rings. The van der Waals surface area contributed by atoms with Gasteiger partial charge in [0, 0.05) is 20.0 Å². The van der Waals surface area contributed by atoms with E-state index >= 15 is 0 Å². The van der Waals surface area contributed by atoms with Gasteiger partial charge in [0.2, 0.25) is 5.91 Å². The van der Waals surface area contributed by atoms with Crippen molar-refractivity contribution in [2.24, 2.45) is 11.8 Å². The van der Waals surface area contributed by atoms with E-state index in [0.717, 1.165) is 6.42 Å². The third-order valence-corrected chi connectivity index (χ3v) is 2.34. The zero-order valence-corrected chi connectivity index (χ0v) is 7.63. The van der Waals surface area contributed by atoms with E-state index in [1.165, 1.54) is 12.8 Å². The average molecular weight is 155 g/mol. The molecule has 1 fully saturated rings. The first-order valence-electron chi connectivity index (χ1n) is 4.38. The summed E-state index contributed by atoms with van der Waals surface area (Å²) in [6, 6.07) is 0. The van der Waals surface area contributed by atoms with Crippen molar-refractivity contribution in [1.29, 1.82) is 0 Å². The van der Waals surface area contributed by atoms with E-state index < -0.39 is 0 Å². The molecule has 1 aliphatic rings. The highest BCUT2D eigenvalue weighted by Crippen LogP contribution is 2.42. The molecule has 1 rings (SSSR count). The summed E-state index contributed by atoms with van der Waals surface area (Å²) in [5.74, 6) is 1.39. The molecule has 0 aromatic carbocycles.